The lowest BCUT2D eigenvalue weighted by molar-refractivity contribution is 0.414. The molecule has 0 radical (unpaired) electrons. The molecule has 6 heteroatoms. The van der Waals surface area contributed by atoms with Crippen molar-refractivity contribution in [2.75, 3.05) is 12.8 Å². The first-order valence-corrected chi connectivity index (χ1v) is 8.60. The molecule has 3 rings (SSSR count). The molecule has 1 aromatic heterocycles. The molecule has 3 nitrogen and oxygen atoms in total. The zero-order valence-corrected chi connectivity index (χ0v) is 14.7. The number of nitrogens with zero attached hydrogens (tertiary/aromatic N) is 1. The maximum Gasteiger partial charge on any atom is 0.180 e. The molecule has 0 aliphatic heterocycles. The molecule has 1 unspecified atom stereocenters. The Hall–Kier alpha value is -2.47. The van der Waals surface area contributed by atoms with Gasteiger partial charge in [0.25, 0.3) is 0 Å². The lowest BCUT2D eigenvalue weighted by atomic mass is 9.75. The van der Waals surface area contributed by atoms with Crippen LogP contribution < -0.4 is 10.5 Å². The smallest absolute Gasteiger partial charge is 0.180 e. The van der Waals surface area contributed by atoms with Crippen molar-refractivity contribution in [3.05, 3.63) is 76.3 Å². The summed E-state index contributed by atoms with van der Waals surface area (Å²) in [6.45, 7) is 2.02. The quantitative estimate of drug-likeness (QED) is 0.725. The van der Waals surface area contributed by atoms with Crippen LogP contribution in [0.1, 0.15) is 23.7 Å². The molecule has 2 aromatic carbocycles. The van der Waals surface area contributed by atoms with Crippen LogP contribution in [0.4, 0.5) is 13.9 Å². The van der Waals surface area contributed by atoms with E-state index in [1.807, 2.05) is 36.6 Å². The average Bonchev–Trinajstić information content (AvgIpc) is 3.05. The predicted molar refractivity (Wildman–Crippen MR) is 96.0 cm³/mol. The summed E-state index contributed by atoms with van der Waals surface area (Å²) in [5, 5.41) is 2.37. The zero-order valence-electron chi connectivity index (χ0n) is 13.9. The van der Waals surface area contributed by atoms with Crippen molar-refractivity contribution in [3.63, 3.8) is 0 Å². The van der Waals surface area contributed by atoms with Crippen molar-refractivity contribution in [2.24, 2.45) is 0 Å². The Morgan fingerprint density at radius 3 is 2.40 bits per heavy atom. The number of aromatic nitrogens is 1. The van der Waals surface area contributed by atoms with Crippen LogP contribution in [0.15, 0.2) is 47.8 Å². The van der Waals surface area contributed by atoms with Gasteiger partial charge in [-0.2, -0.15) is 0 Å². The van der Waals surface area contributed by atoms with E-state index < -0.39 is 17.0 Å². The third-order valence-electron chi connectivity index (χ3n) is 4.36. The number of rotatable bonds is 5. The number of hydrogen-bond acceptors (Lipinski definition) is 4. The standard InChI is InChI=1S/C19H18F2N2OS/c1-19(17-11-25-18(22)23-17,13-4-6-14(24-2)7-5-13)10-12-3-8-15(20)16(21)9-12/h3-9,11H,10H2,1-2H3,(H2,22,23). The highest BCUT2D eigenvalue weighted by molar-refractivity contribution is 7.13. The second kappa shape index (κ2) is 6.80. The first-order chi connectivity index (χ1) is 11.9. The van der Waals surface area contributed by atoms with E-state index >= 15 is 0 Å². The van der Waals surface area contributed by atoms with Gasteiger partial charge in [-0.15, -0.1) is 11.3 Å². The number of nitrogen functional groups attached to an aromatic ring is 1. The molecule has 0 aliphatic carbocycles. The monoisotopic (exact) mass is 360 g/mol. The fourth-order valence-corrected chi connectivity index (χ4v) is 3.59. The van der Waals surface area contributed by atoms with Gasteiger partial charge in [0.05, 0.1) is 12.8 Å². The highest BCUT2D eigenvalue weighted by Crippen LogP contribution is 2.37. The van der Waals surface area contributed by atoms with Gasteiger partial charge in [0.2, 0.25) is 0 Å². The summed E-state index contributed by atoms with van der Waals surface area (Å²) in [4.78, 5) is 4.44. The number of ether oxygens (including phenoxy) is 1. The lowest BCUT2D eigenvalue weighted by Crippen LogP contribution is -2.27. The van der Waals surface area contributed by atoms with Crippen LogP contribution in [0, 0.1) is 11.6 Å². The first kappa shape index (κ1) is 17.4. The Balaban J connectivity index is 2.06. The Bertz CT molecular complexity index is 879. The van der Waals surface area contributed by atoms with Gasteiger partial charge in [0.1, 0.15) is 5.75 Å². The van der Waals surface area contributed by atoms with Crippen LogP contribution in [0.3, 0.4) is 0 Å². The van der Waals surface area contributed by atoms with Crippen LogP contribution in [0.5, 0.6) is 5.75 Å². The number of thiazole rings is 1. The van der Waals surface area contributed by atoms with Crippen molar-refractivity contribution in [1.82, 2.24) is 4.98 Å². The zero-order chi connectivity index (χ0) is 18.0. The van der Waals surface area contributed by atoms with E-state index in [1.54, 1.807) is 13.2 Å². The van der Waals surface area contributed by atoms with E-state index in [9.17, 15) is 8.78 Å². The van der Waals surface area contributed by atoms with Gasteiger partial charge >= 0.3 is 0 Å². The third kappa shape index (κ3) is 3.49. The summed E-state index contributed by atoms with van der Waals surface area (Å²) < 4.78 is 32.1. The second-order valence-corrected chi connectivity index (χ2v) is 6.95. The van der Waals surface area contributed by atoms with Gasteiger partial charge in [-0.05, 0) is 48.7 Å². The van der Waals surface area contributed by atoms with Crippen molar-refractivity contribution >= 4 is 16.5 Å². The second-order valence-electron chi connectivity index (χ2n) is 6.06. The molecule has 2 N–H and O–H groups in total. The number of nitrogens with two attached hydrogens (primary N) is 1. The third-order valence-corrected chi connectivity index (χ3v) is 5.03. The predicted octanol–water partition coefficient (Wildman–Crippen LogP) is 4.56. The summed E-state index contributed by atoms with van der Waals surface area (Å²) in [6.07, 6.45) is 0.458. The van der Waals surface area contributed by atoms with Crippen LogP contribution in [-0.4, -0.2) is 12.1 Å². The average molecular weight is 360 g/mol. The summed E-state index contributed by atoms with van der Waals surface area (Å²) >= 11 is 1.36. The molecule has 0 amide bonds. The first-order valence-electron chi connectivity index (χ1n) is 7.72. The van der Waals surface area contributed by atoms with E-state index in [0.717, 1.165) is 23.1 Å². The van der Waals surface area contributed by atoms with Gasteiger partial charge in [0, 0.05) is 10.8 Å². The van der Waals surface area contributed by atoms with Crippen LogP contribution in [0.25, 0.3) is 0 Å². The molecular weight excluding hydrogens is 342 g/mol. The number of benzene rings is 2. The molecule has 3 aromatic rings. The Morgan fingerprint density at radius 1 is 1.12 bits per heavy atom. The number of hydrogen-bond donors (Lipinski definition) is 1. The molecule has 25 heavy (non-hydrogen) atoms. The fraction of sp³-hybridized carbons (Fsp3) is 0.211. The molecule has 0 spiro atoms. The van der Waals surface area contributed by atoms with E-state index in [1.165, 1.54) is 17.4 Å². The number of halogens is 2. The molecule has 0 aliphatic rings. The van der Waals surface area contributed by atoms with Crippen molar-refractivity contribution in [1.29, 1.82) is 0 Å². The molecule has 0 saturated heterocycles. The minimum Gasteiger partial charge on any atom is -0.497 e. The molecule has 130 valence electrons. The van der Waals surface area contributed by atoms with E-state index in [-0.39, 0.29) is 0 Å². The maximum atomic E-state index is 13.6. The maximum absolute atomic E-state index is 13.6. The van der Waals surface area contributed by atoms with Crippen molar-refractivity contribution in [2.45, 2.75) is 18.8 Å². The number of anilines is 1. The SMILES string of the molecule is COc1ccc(C(C)(Cc2ccc(F)c(F)c2)c2csc(N)n2)cc1. The van der Waals surface area contributed by atoms with Crippen LogP contribution >= 0.6 is 11.3 Å². The molecule has 0 bridgehead atoms. The minimum absolute atomic E-state index is 0.458. The molecule has 1 atom stereocenters. The van der Waals surface area contributed by atoms with Gasteiger partial charge < -0.3 is 10.5 Å². The van der Waals surface area contributed by atoms with Gasteiger partial charge in [-0.25, -0.2) is 13.8 Å². The van der Waals surface area contributed by atoms with E-state index in [0.29, 0.717) is 17.1 Å². The van der Waals surface area contributed by atoms with Crippen LogP contribution in [-0.2, 0) is 11.8 Å². The van der Waals surface area contributed by atoms with E-state index in [2.05, 4.69) is 4.98 Å². The van der Waals surface area contributed by atoms with E-state index in [4.69, 9.17) is 10.5 Å². The van der Waals surface area contributed by atoms with Crippen molar-refractivity contribution < 1.29 is 13.5 Å². The summed E-state index contributed by atoms with van der Waals surface area (Å²) in [6, 6.07) is 11.6. The van der Waals surface area contributed by atoms with Gasteiger partial charge in [-0.1, -0.05) is 18.2 Å². The van der Waals surface area contributed by atoms with Crippen LogP contribution in [0.2, 0.25) is 0 Å². The topological polar surface area (TPSA) is 48.1 Å². The van der Waals surface area contributed by atoms with Gasteiger partial charge in [0.15, 0.2) is 16.8 Å². The largest absolute Gasteiger partial charge is 0.497 e. The summed E-state index contributed by atoms with van der Waals surface area (Å²) in [5.41, 5.74) is 7.75. The van der Waals surface area contributed by atoms with Gasteiger partial charge in [-0.3, -0.25) is 0 Å². The lowest BCUT2D eigenvalue weighted by Gasteiger charge is -2.29. The summed E-state index contributed by atoms with van der Waals surface area (Å²) in [7, 11) is 1.61. The Labute approximate surface area is 149 Å². The molecule has 1 heterocycles. The normalized spacial score (nSPS) is 13.4. The molecular formula is C19H18F2N2OS. The van der Waals surface area contributed by atoms with Crippen molar-refractivity contribution in [3.8, 4) is 5.75 Å². The fourth-order valence-electron chi connectivity index (χ4n) is 2.90. The number of methoxy groups -OCH3 is 1. The Morgan fingerprint density at radius 2 is 1.84 bits per heavy atom. The minimum atomic E-state index is -0.854. The molecule has 0 fully saturated rings. The summed E-state index contributed by atoms with van der Waals surface area (Å²) in [5.74, 6) is -0.961. The Kier molecular flexibility index (Phi) is 4.72. The molecule has 0 saturated carbocycles. The highest BCUT2D eigenvalue weighted by Gasteiger charge is 2.32. The highest BCUT2D eigenvalue weighted by atomic mass is 32.1.